The average molecular weight is 309 g/mol. The van der Waals surface area contributed by atoms with Gasteiger partial charge in [0.15, 0.2) is 0 Å². The highest BCUT2D eigenvalue weighted by Crippen LogP contribution is 2.18. The van der Waals surface area contributed by atoms with Gasteiger partial charge in [0, 0.05) is 19.3 Å². The molecule has 0 aliphatic heterocycles. The summed E-state index contributed by atoms with van der Waals surface area (Å²) < 4.78 is 5.88. The molecule has 0 fully saturated rings. The highest BCUT2D eigenvalue weighted by Gasteiger charge is 2.21. The van der Waals surface area contributed by atoms with E-state index in [1.54, 1.807) is 18.3 Å². The van der Waals surface area contributed by atoms with Gasteiger partial charge in [-0.15, -0.1) is 0 Å². The summed E-state index contributed by atoms with van der Waals surface area (Å²) in [7, 11) is -1.79. The Morgan fingerprint density at radius 2 is 2.00 bits per heavy atom. The second kappa shape index (κ2) is 8.14. The van der Waals surface area contributed by atoms with Crippen LogP contribution in [0.3, 0.4) is 0 Å². The van der Waals surface area contributed by atoms with Gasteiger partial charge in [0.2, 0.25) is 14.2 Å². The predicted octanol–water partition coefficient (Wildman–Crippen LogP) is 2.37. The maximum absolute atomic E-state index is 12.3. The number of rotatable bonds is 8. The van der Waals surface area contributed by atoms with Gasteiger partial charge >= 0.3 is 0 Å². The molecule has 1 heterocycles. The van der Waals surface area contributed by atoms with Gasteiger partial charge in [0.05, 0.1) is 0 Å². The number of nitrogens with zero attached hydrogens (tertiary/aromatic N) is 2. The molecule has 0 radical (unpaired) electrons. The zero-order valence-electron chi connectivity index (χ0n) is 13.8. The van der Waals surface area contributed by atoms with Gasteiger partial charge in [0.1, 0.15) is 5.56 Å². The first-order valence-corrected chi connectivity index (χ1v) is 10.9. The fraction of sp³-hybridized carbons (Fsp3) is 0.600. The molecule has 0 saturated heterocycles. The number of carbonyl (C=O) groups excluding carboxylic acids is 1. The smallest absolute Gasteiger partial charge is 0.256 e. The van der Waals surface area contributed by atoms with Crippen molar-refractivity contribution in [2.45, 2.75) is 33.5 Å². The van der Waals surface area contributed by atoms with Gasteiger partial charge < -0.3 is 14.6 Å². The zero-order chi connectivity index (χ0) is 15.9. The van der Waals surface area contributed by atoms with Crippen molar-refractivity contribution in [2.75, 3.05) is 26.2 Å². The van der Waals surface area contributed by atoms with E-state index in [-0.39, 0.29) is 5.91 Å². The molecule has 0 atom stereocenters. The molecule has 5 nitrogen and oxygen atoms in total. The summed E-state index contributed by atoms with van der Waals surface area (Å²) in [4.78, 5) is 18.7. The summed E-state index contributed by atoms with van der Waals surface area (Å²) in [5.74, 6) is 0.320. The third kappa shape index (κ3) is 6.26. The molecule has 1 amide bonds. The quantitative estimate of drug-likeness (QED) is 0.749. The maximum atomic E-state index is 12.3. The highest BCUT2D eigenvalue weighted by atomic mass is 28.4. The van der Waals surface area contributed by atoms with Crippen molar-refractivity contribution in [3.63, 3.8) is 0 Å². The van der Waals surface area contributed by atoms with Crippen LogP contribution in [0.1, 0.15) is 24.2 Å². The summed E-state index contributed by atoms with van der Waals surface area (Å²) in [5, 5.41) is 2.94. The minimum absolute atomic E-state index is 0.122. The zero-order valence-corrected chi connectivity index (χ0v) is 14.8. The first-order valence-electron chi connectivity index (χ1n) is 7.52. The Morgan fingerprint density at radius 1 is 1.33 bits per heavy atom. The number of likely N-dealkylation sites (N-methyl/N-ethyl adjacent to an activating group) is 1. The van der Waals surface area contributed by atoms with Crippen LogP contribution in [0.5, 0.6) is 5.88 Å². The van der Waals surface area contributed by atoms with Gasteiger partial charge in [-0.1, -0.05) is 13.8 Å². The largest absolute Gasteiger partial charge is 0.531 e. The van der Waals surface area contributed by atoms with E-state index in [4.69, 9.17) is 4.43 Å². The summed E-state index contributed by atoms with van der Waals surface area (Å²) >= 11 is 0. The van der Waals surface area contributed by atoms with E-state index in [2.05, 4.69) is 48.7 Å². The standard InChI is InChI=1S/C15H27N3O2Si/c1-6-18(7-2)12-11-16-14(19)13-9-8-10-17-15(13)20-21(3,4)5/h8-10H,6-7,11-12H2,1-5H3,(H,16,19). The Hall–Kier alpha value is -1.40. The molecule has 0 aliphatic rings. The Bertz CT molecular complexity index is 456. The Kier molecular flexibility index (Phi) is 6.84. The highest BCUT2D eigenvalue weighted by molar-refractivity contribution is 6.70. The molecular weight excluding hydrogens is 282 g/mol. The lowest BCUT2D eigenvalue weighted by Gasteiger charge is -2.21. The summed E-state index contributed by atoms with van der Waals surface area (Å²) in [6.45, 7) is 13.9. The van der Waals surface area contributed by atoms with Crippen LogP contribution in [0.25, 0.3) is 0 Å². The number of pyridine rings is 1. The van der Waals surface area contributed by atoms with E-state index in [0.717, 1.165) is 19.6 Å². The van der Waals surface area contributed by atoms with Crippen molar-refractivity contribution in [1.82, 2.24) is 15.2 Å². The van der Waals surface area contributed by atoms with Crippen molar-refractivity contribution in [3.8, 4) is 5.88 Å². The van der Waals surface area contributed by atoms with Gasteiger partial charge in [-0.25, -0.2) is 4.98 Å². The van der Waals surface area contributed by atoms with Crippen molar-refractivity contribution in [2.24, 2.45) is 0 Å². The van der Waals surface area contributed by atoms with E-state index >= 15 is 0 Å². The molecule has 0 saturated carbocycles. The number of carbonyl (C=O) groups is 1. The van der Waals surface area contributed by atoms with Crippen LogP contribution in [0, 0.1) is 0 Å². The molecule has 1 N–H and O–H groups in total. The number of aromatic nitrogens is 1. The molecule has 21 heavy (non-hydrogen) atoms. The minimum atomic E-state index is -1.79. The van der Waals surface area contributed by atoms with Gasteiger partial charge in [-0.3, -0.25) is 4.79 Å². The molecule has 1 rings (SSSR count). The third-order valence-corrected chi connectivity index (χ3v) is 3.83. The molecular formula is C15H27N3O2Si. The molecule has 0 spiro atoms. The van der Waals surface area contributed by atoms with E-state index in [9.17, 15) is 4.79 Å². The van der Waals surface area contributed by atoms with Gasteiger partial charge in [-0.2, -0.15) is 0 Å². The molecule has 118 valence electrons. The van der Waals surface area contributed by atoms with E-state index in [1.165, 1.54) is 0 Å². The van der Waals surface area contributed by atoms with Crippen LogP contribution >= 0.6 is 0 Å². The number of nitrogens with one attached hydrogen (secondary N) is 1. The van der Waals surface area contributed by atoms with Crippen molar-refractivity contribution in [1.29, 1.82) is 0 Å². The Balaban J connectivity index is 2.66. The van der Waals surface area contributed by atoms with Crippen LogP contribution < -0.4 is 9.74 Å². The Morgan fingerprint density at radius 3 is 2.57 bits per heavy atom. The molecule has 0 bridgehead atoms. The molecule has 6 heteroatoms. The number of amides is 1. The lowest BCUT2D eigenvalue weighted by molar-refractivity contribution is 0.0946. The van der Waals surface area contributed by atoms with Crippen LogP contribution in [0.4, 0.5) is 0 Å². The number of hydrogen-bond donors (Lipinski definition) is 1. The van der Waals surface area contributed by atoms with Gasteiger partial charge in [0.25, 0.3) is 5.91 Å². The molecule has 0 unspecified atom stereocenters. The first kappa shape index (κ1) is 17.6. The van der Waals surface area contributed by atoms with Crippen LogP contribution in [0.15, 0.2) is 18.3 Å². The second-order valence-corrected chi connectivity index (χ2v) is 10.3. The monoisotopic (exact) mass is 309 g/mol. The van der Waals surface area contributed by atoms with E-state index < -0.39 is 8.32 Å². The minimum Gasteiger partial charge on any atom is -0.531 e. The summed E-state index contributed by atoms with van der Waals surface area (Å²) in [5.41, 5.74) is 0.513. The van der Waals surface area contributed by atoms with Crippen LogP contribution in [0.2, 0.25) is 19.6 Å². The summed E-state index contributed by atoms with van der Waals surface area (Å²) in [6.07, 6.45) is 1.65. The van der Waals surface area contributed by atoms with E-state index in [0.29, 0.717) is 18.0 Å². The number of hydrogen-bond acceptors (Lipinski definition) is 4. The average Bonchev–Trinajstić information content (AvgIpc) is 2.42. The fourth-order valence-electron chi connectivity index (χ4n) is 1.90. The first-order chi connectivity index (χ1) is 9.87. The normalized spacial score (nSPS) is 11.5. The molecule has 1 aromatic heterocycles. The fourth-order valence-corrected chi connectivity index (χ4v) is 2.64. The molecule has 0 aromatic carbocycles. The third-order valence-electron chi connectivity index (χ3n) is 3.03. The van der Waals surface area contributed by atoms with Gasteiger partial charge in [-0.05, 0) is 44.9 Å². The summed E-state index contributed by atoms with van der Waals surface area (Å²) in [6, 6.07) is 3.52. The van der Waals surface area contributed by atoms with Crippen LogP contribution in [-0.2, 0) is 0 Å². The molecule has 1 aromatic rings. The molecule has 0 aliphatic carbocycles. The SMILES string of the molecule is CCN(CC)CCNC(=O)c1cccnc1O[Si](C)(C)C. The van der Waals surface area contributed by atoms with Crippen molar-refractivity contribution < 1.29 is 9.22 Å². The van der Waals surface area contributed by atoms with Crippen molar-refractivity contribution in [3.05, 3.63) is 23.9 Å². The lowest BCUT2D eigenvalue weighted by Crippen LogP contribution is -2.36. The van der Waals surface area contributed by atoms with E-state index in [1.807, 2.05) is 0 Å². The predicted molar refractivity (Wildman–Crippen MR) is 88.3 cm³/mol. The second-order valence-electron chi connectivity index (χ2n) is 5.85. The topological polar surface area (TPSA) is 54.5 Å². The maximum Gasteiger partial charge on any atom is 0.256 e. The van der Waals surface area contributed by atoms with Crippen molar-refractivity contribution >= 4 is 14.2 Å². The van der Waals surface area contributed by atoms with Crippen LogP contribution in [-0.4, -0.2) is 50.3 Å². The Labute approximate surface area is 128 Å². The lowest BCUT2D eigenvalue weighted by atomic mass is 10.2.